The van der Waals surface area contributed by atoms with Crippen LogP contribution in [-0.2, 0) is 0 Å². The maximum absolute atomic E-state index is 12.2. The minimum atomic E-state index is 0.121. The molecule has 0 unspecified atom stereocenters. The summed E-state index contributed by atoms with van der Waals surface area (Å²) in [6.07, 6.45) is 0. The zero-order valence-electron chi connectivity index (χ0n) is 11.1. The van der Waals surface area contributed by atoms with Crippen LogP contribution in [-0.4, -0.2) is 23.9 Å². The highest BCUT2D eigenvalue weighted by Gasteiger charge is 2.23. The summed E-state index contributed by atoms with van der Waals surface area (Å²) < 4.78 is 10.1. The van der Waals surface area contributed by atoms with Crippen molar-refractivity contribution in [1.29, 1.82) is 0 Å². The van der Waals surface area contributed by atoms with Crippen LogP contribution >= 0.6 is 0 Å². The van der Waals surface area contributed by atoms with Crippen molar-refractivity contribution in [2.75, 3.05) is 14.2 Å². The second-order valence-electron chi connectivity index (χ2n) is 3.89. The normalized spacial score (nSPS) is 11.7. The van der Waals surface area contributed by atoms with E-state index in [1.807, 2.05) is 0 Å². The number of hydrogen-bond acceptors (Lipinski definition) is 4. The van der Waals surface area contributed by atoms with E-state index in [-0.39, 0.29) is 21.1 Å². The standard InChI is InChI=1S/C14H14N2O4/c1-19-13-9-5-3-7-11(13)15(17)16(18)12-8-4-6-10-14(12)20-2/h3-10H,1-2H3/b16-15-. The SMILES string of the molecule is COc1ccccc1/[N+]([O-])=[N+](/[O-])c1ccccc1OC. The Bertz CT molecular complexity index is 585. The van der Waals surface area contributed by atoms with Crippen molar-refractivity contribution in [3.05, 3.63) is 58.9 Å². The number of azo groups is 1. The topological polar surface area (TPSA) is 70.6 Å². The van der Waals surface area contributed by atoms with Gasteiger partial charge in [0.1, 0.15) is 0 Å². The molecule has 0 bridgehead atoms. The van der Waals surface area contributed by atoms with E-state index in [0.29, 0.717) is 11.5 Å². The van der Waals surface area contributed by atoms with Crippen LogP contribution in [0.2, 0.25) is 0 Å². The van der Waals surface area contributed by atoms with Crippen LogP contribution in [0.25, 0.3) is 0 Å². The van der Waals surface area contributed by atoms with Gasteiger partial charge in [0.15, 0.2) is 11.5 Å². The van der Waals surface area contributed by atoms with E-state index < -0.39 is 0 Å². The molecule has 6 nitrogen and oxygen atoms in total. The summed E-state index contributed by atoms with van der Waals surface area (Å²) in [5.41, 5.74) is 0.242. The van der Waals surface area contributed by atoms with Crippen molar-refractivity contribution in [2.24, 2.45) is 0 Å². The second-order valence-corrected chi connectivity index (χ2v) is 3.89. The average Bonchev–Trinajstić information content (AvgIpc) is 2.53. The van der Waals surface area contributed by atoms with Crippen molar-refractivity contribution in [3.63, 3.8) is 0 Å². The van der Waals surface area contributed by atoms with Gasteiger partial charge >= 0.3 is 11.4 Å². The van der Waals surface area contributed by atoms with E-state index in [9.17, 15) is 10.4 Å². The Morgan fingerprint density at radius 2 is 1.05 bits per heavy atom. The lowest BCUT2D eigenvalue weighted by molar-refractivity contribution is -0.896. The molecule has 2 aromatic carbocycles. The van der Waals surface area contributed by atoms with E-state index in [0.717, 1.165) is 0 Å². The Morgan fingerprint density at radius 1 is 0.700 bits per heavy atom. The van der Waals surface area contributed by atoms with E-state index >= 15 is 0 Å². The summed E-state index contributed by atoms with van der Waals surface area (Å²) in [6, 6.07) is 13.0. The summed E-state index contributed by atoms with van der Waals surface area (Å²) >= 11 is 0. The molecule has 0 saturated carbocycles. The highest BCUT2D eigenvalue weighted by molar-refractivity contribution is 5.47. The highest BCUT2D eigenvalue weighted by Crippen LogP contribution is 2.30. The van der Waals surface area contributed by atoms with Crippen LogP contribution in [0.5, 0.6) is 11.5 Å². The van der Waals surface area contributed by atoms with E-state index in [2.05, 4.69) is 0 Å². The summed E-state index contributed by atoms with van der Waals surface area (Å²) in [5, 5.41) is 24.4. The first kappa shape index (κ1) is 13.7. The van der Waals surface area contributed by atoms with Crippen LogP contribution in [0.15, 0.2) is 48.5 Å². The van der Waals surface area contributed by atoms with Crippen molar-refractivity contribution < 1.29 is 19.2 Å². The first-order valence-electron chi connectivity index (χ1n) is 5.89. The van der Waals surface area contributed by atoms with Crippen LogP contribution in [0.1, 0.15) is 0 Å². The molecule has 2 rings (SSSR count). The first-order valence-corrected chi connectivity index (χ1v) is 5.89. The molecule has 0 atom stereocenters. The van der Waals surface area contributed by atoms with Crippen LogP contribution in [0.3, 0.4) is 0 Å². The fraction of sp³-hybridized carbons (Fsp3) is 0.143. The molecule has 0 amide bonds. The molecule has 104 valence electrons. The lowest BCUT2D eigenvalue weighted by Gasteiger charge is -2.07. The van der Waals surface area contributed by atoms with Gasteiger partial charge in [-0.05, 0) is 12.1 Å². The summed E-state index contributed by atoms with van der Waals surface area (Å²) in [7, 11) is 2.87. The number of benzene rings is 2. The Morgan fingerprint density at radius 3 is 1.40 bits per heavy atom. The third-order valence-corrected chi connectivity index (χ3v) is 2.75. The van der Waals surface area contributed by atoms with Crippen LogP contribution in [0.4, 0.5) is 11.4 Å². The molecule has 0 aliphatic carbocycles. The Labute approximate surface area is 116 Å². The maximum atomic E-state index is 12.2. The van der Waals surface area contributed by atoms with Gasteiger partial charge in [0.2, 0.25) is 0 Å². The number of para-hydroxylation sites is 4. The van der Waals surface area contributed by atoms with Gasteiger partial charge in [-0.1, -0.05) is 24.3 Å². The van der Waals surface area contributed by atoms with Gasteiger partial charge in [-0.15, -0.1) is 0 Å². The number of hydrogen-bond donors (Lipinski definition) is 0. The zero-order chi connectivity index (χ0) is 14.5. The molecule has 2 aromatic rings. The number of methoxy groups -OCH3 is 2. The Kier molecular flexibility index (Phi) is 4.05. The molecular formula is C14H14N2O4. The average molecular weight is 274 g/mol. The van der Waals surface area contributed by atoms with E-state index in [1.165, 1.54) is 26.4 Å². The first-order chi connectivity index (χ1) is 9.69. The molecule has 0 radical (unpaired) electrons. The lowest BCUT2D eigenvalue weighted by Crippen LogP contribution is -2.10. The molecule has 0 fully saturated rings. The quantitative estimate of drug-likeness (QED) is 0.488. The van der Waals surface area contributed by atoms with Gasteiger partial charge in [0.25, 0.3) is 0 Å². The monoisotopic (exact) mass is 274 g/mol. The Balaban J connectivity index is 2.56. The molecule has 0 N–H and O–H groups in total. The fourth-order valence-corrected chi connectivity index (χ4v) is 1.77. The largest absolute Gasteiger partial charge is 0.561 e. The minimum Gasteiger partial charge on any atom is -0.561 e. The van der Waals surface area contributed by atoms with Gasteiger partial charge in [-0.25, -0.2) is 0 Å². The van der Waals surface area contributed by atoms with E-state index in [1.54, 1.807) is 36.4 Å². The van der Waals surface area contributed by atoms with Gasteiger partial charge in [-0.2, -0.15) is 0 Å². The van der Waals surface area contributed by atoms with Crippen LogP contribution in [0, 0.1) is 10.4 Å². The molecule has 0 spiro atoms. The predicted octanol–water partition coefficient (Wildman–Crippen LogP) is 3.14. The summed E-state index contributed by atoms with van der Waals surface area (Å²) in [4.78, 5) is 0.438. The molecule has 20 heavy (non-hydrogen) atoms. The van der Waals surface area contributed by atoms with Crippen molar-refractivity contribution in [3.8, 4) is 11.5 Å². The fourth-order valence-electron chi connectivity index (χ4n) is 1.77. The number of ether oxygens (including phenoxy) is 2. The number of nitrogens with zero attached hydrogens (tertiary/aromatic N) is 2. The van der Waals surface area contributed by atoms with Crippen molar-refractivity contribution in [2.45, 2.75) is 0 Å². The van der Waals surface area contributed by atoms with Gasteiger partial charge < -0.3 is 19.9 Å². The van der Waals surface area contributed by atoms with E-state index in [4.69, 9.17) is 9.47 Å². The molecule has 0 heterocycles. The molecule has 6 heteroatoms. The van der Waals surface area contributed by atoms with Gasteiger partial charge in [-0.3, -0.25) is 0 Å². The highest BCUT2D eigenvalue weighted by atomic mass is 16.6. The molecule has 0 aromatic heterocycles. The van der Waals surface area contributed by atoms with Crippen molar-refractivity contribution >= 4 is 11.4 Å². The minimum absolute atomic E-state index is 0.121. The Hall–Kier alpha value is -2.76. The zero-order valence-corrected chi connectivity index (χ0v) is 11.1. The third-order valence-electron chi connectivity index (χ3n) is 2.75. The predicted molar refractivity (Wildman–Crippen MR) is 72.6 cm³/mol. The number of rotatable bonds is 4. The van der Waals surface area contributed by atoms with Gasteiger partial charge in [0.05, 0.1) is 23.9 Å². The third kappa shape index (κ3) is 2.49. The molecular weight excluding hydrogens is 260 g/mol. The van der Waals surface area contributed by atoms with Crippen LogP contribution < -0.4 is 9.47 Å². The lowest BCUT2D eigenvalue weighted by atomic mass is 10.3. The molecule has 0 aliphatic heterocycles. The molecule has 0 aliphatic rings. The van der Waals surface area contributed by atoms with Crippen molar-refractivity contribution in [1.82, 2.24) is 0 Å². The molecule has 0 saturated heterocycles. The maximum Gasteiger partial charge on any atom is 0.329 e. The smallest absolute Gasteiger partial charge is 0.329 e. The van der Waals surface area contributed by atoms with Gasteiger partial charge in [0, 0.05) is 12.1 Å². The second kappa shape index (κ2) is 5.92. The summed E-state index contributed by atoms with van der Waals surface area (Å²) in [5.74, 6) is 0.636. The summed E-state index contributed by atoms with van der Waals surface area (Å²) in [6.45, 7) is 0.